The molecular formula is C24H23N5O2S. The summed E-state index contributed by atoms with van der Waals surface area (Å²) in [4.78, 5) is 16.9. The van der Waals surface area contributed by atoms with E-state index in [9.17, 15) is 4.79 Å². The molecule has 0 radical (unpaired) electrons. The molecule has 0 aliphatic heterocycles. The lowest BCUT2D eigenvalue weighted by molar-refractivity contribution is 0.0950. The fraction of sp³-hybridized carbons (Fsp3) is 0.250. The van der Waals surface area contributed by atoms with Crippen LogP contribution in [0.1, 0.15) is 56.3 Å². The predicted molar refractivity (Wildman–Crippen MR) is 121 cm³/mol. The van der Waals surface area contributed by atoms with Crippen molar-refractivity contribution in [3.05, 3.63) is 99.2 Å². The summed E-state index contributed by atoms with van der Waals surface area (Å²) in [6.45, 7) is 2.35. The van der Waals surface area contributed by atoms with Gasteiger partial charge in [0.25, 0.3) is 5.91 Å². The van der Waals surface area contributed by atoms with Crippen LogP contribution in [0.2, 0.25) is 0 Å². The Kier molecular flexibility index (Phi) is 5.32. The van der Waals surface area contributed by atoms with Crippen molar-refractivity contribution < 1.29 is 9.21 Å². The number of aromatic nitrogens is 3. The highest BCUT2D eigenvalue weighted by Gasteiger charge is 2.57. The Morgan fingerprint density at radius 1 is 1.22 bits per heavy atom. The van der Waals surface area contributed by atoms with Crippen LogP contribution >= 0.6 is 11.3 Å². The van der Waals surface area contributed by atoms with Gasteiger partial charge in [-0.1, -0.05) is 42.5 Å². The molecule has 1 amide bonds. The lowest BCUT2D eigenvalue weighted by Gasteiger charge is -2.06. The molecule has 1 aliphatic carbocycles. The number of nitrogens with zero attached hydrogens (tertiary/aromatic N) is 3. The summed E-state index contributed by atoms with van der Waals surface area (Å²) in [6, 6.07) is 17.6. The molecule has 2 aromatic heterocycles. The molecule has 2 heterocycles. The molecule has 4 aromatic rings. The predicted octanol–water partition coefficient (Wildman–Crippen LogP) is 3.70. The third-order valence-corrected chi connectivity index (χ3v) is 6.65. The van der Waals surface area contributed by atoms with Crippen LogP contribution in [0.15, 0.2) is 64.4 Å². The van der Waals surface area contributed by atoms with Gasteiger partial charge in [-0.05, 0) is 36.6 Å². The van der Waals surface area contributed by atoms with E-state index in [0.29, 0.717) is 30.3 Å². The number of carbonyl (C=O) groups excluding carboxylic acids is 1. The Morgan fingerprint density at radius 2 is 2.06 bits per heavy atom. The Labute approximate surface area is 189 Å². The minimum atomic E-state index is -0.609. The molecule has 3 N–H and O–H groups in total. The Hall–Kier alpha value is -3.36. The topological polar surface area (TPSA) is 107 Å². The SMILES string of the molecule is Cc1csc(CNC(=O)c2cccc(Cc3nnc(C4(N)CC4c4ccccc4)o3)c2)n1. The average Bonchev–Trinajstić information content (AvgIpc) is 3.12. The van der Waals surface area contributed by atoms with Crippen LogP contribution in [0.3, 0.4) is 0 Å². The molecule has 2 aromatic carbocycles. The highest BCUT2D eigenvalue weighted by atomic mass is 32.1. The summed E-state index contributed by atoms with van der Waals surface area (Å²) in [5.41, 5.74) is 9.57. The molecule has 1 fully saturated rings. The standard InChI is InChI=1S/C24H23N5O2S/c1-15-14-32-21(27-15)13-26-22(30)18-9-5-6-16(10-18)11-20-28-29-23(31-20)24(25)12-19(24)17-7-3-2-4-8-17/h2-10,14,19H,11-13,25H2,1H3,(H,26,30). The van der Waals surface area contributed by atoms with Crippen LogP contribution in [0.4, 0.5) is 0 Å². The van der Waals surface area contributed by atoms with Crippen molar-refractivity contribution in [1.82, 2.24) is 20.5 Å². The molecule has 2 unspecified atom stereocenters. The Morgan fingerprint density at radius 3 is 2.84 bits per heavy atom. The third kappa shape index (κ3) is 4.19. The van der Waals surface area contributed by atoms with Crippen LogP contribution < -0.4 is 11.1 Å². The van der Waals surface area contributed by atoms with Gasteiger partial charge in [0, 0.05) is 22.6 Å². The fourth-order valence-electron chi connectivity index (χ4n) is 3.87. The molecule has 1 saturated carbocycles. The smallest absolute Gasteiger partial charge is 0.251 e. The third-order valence-electron chi connectivity index (χ3n) is 5.68. The minimum Gasteiger partial charge on any atom is -0.423 e. The zero-order valence-corrected chi connectivity index (χ0v) is 18.4. The minimum absolute atomic E-state index is 0.143. The van der Waals surface area contributed by atoms with Crippen molar-refractivity contribution >= 4 is 17.2 Å². The molecule has 8 heteroatoms. The van der Waals surface area contributed by atoms with E-state index >= 15 is 0 Å². The van der Waals surface area contributed by atoms with E-state index < -0.39 is 5.54 Å². The van der Waals surface area contributed by atoms with Crippen molar-refractivity contribution in [1.29, 1.82) is 0 Å². The second kappa shape index (κ2) is 8.29. The first-order chi connectivity index (χ1) is 15.5. The normalized spacial score (nSPS) is 19.6. The van der Waals surface area contributed by atoms with Crippen LogP contribution in [0.5, 0.6) is 0 Å². The second-order valence-electron chi connectivity index (χ2n) is 8.15. The average molecular weight is 446 g/mol. The number of thiazole rings is 1. The van der Waals surface area contributed by atoms with E-state index in [1.807, 2.05) is 48.7 Å². The molecule has 1 aliphatic rings. The van der Waals surface area contributed by atoms with E-state index in [1.165, 1.54) is 16.9 Å². The second-order valence-corrected chi connectivity index (χ2v) is 9.09. The molecule has 0 bridgehead atoms. The van der Waals surface area contributed by atoms with Crippen molar-refractivity contribution in [3.8, 4) is 0 Å². The fourth-order valence-corrected chi connectivity index (χ4v) is 4.58. The number of amides is 1. The summed E-state index contributed by atoms with van der Waals surface area (Å²) in [5.74, 6) is 0.995. The molecule has 2 atom stereocenters. The van der Waals surface area contributed by atoms with Gasteiger partial charge in [-0.2, -0.15) is 0 Å². The molecule has 0 spiro atoms. The van der Waals surface area contributed by atoms with Crippen molar-refractivity contribution in [2.24, 2.45) is 5.73 Å². The van der Waals surface area contributed by atoms with Crippen molar-refractivity contribution in [2.75, 3.05) is 0 Å². The molecular weight excluding hydrogens is 422 g/mol. The number of benzene rings is 2. The van der Waals surface area contributed by atoms with Gasteiger partial charge in [-0.3, -0.25) is 4.79 Å². The van der Waals surface area contributed by atoms with Gasteiger partial charge < -0.3 is 15.5 Å². The van der Waals surface area contributed by atoms with Gasteiger partial charge in [0.1, 0.15) is 10.5 Å². The number of rotatable bonds is 7. The van der Waals surface area contributed by atoms with E-state index in [2.05, 4.69) is 32.6 Å². The van der Waals surface area contributed by atoms with E-state index in [0.717, 1.165) is 22.7 Å². The van der Waals surface area contributed by atoms with Gasteiger partial charge >= 0.3 is 0 Å². The van der Waals surface area contributed by atoms with Crippen LogP contribution in [0.25, 0.3) is 0 Å². The highest BCUT2D eigenvalue weighted by Crippen LogP contribution is 2.55. The monoisotopic (exact) mass is 445 g/mol. The summed E-state index contributed by atoms with van der Waals surface area (Å²) >= 11 is 1.54. The number of hydrogen-bond donors (Lipinski definition) is 2. The first-order valence-electron chi connectivity index (χ1n) is 10.5. The van der Waals surface area contributed by atoms with E-state index in [4.69, 9.17) is 10.2 Å². The molecule has 162 valence electrons. The van der Waals surface area contributed by atoms with E-state index in [1.54, 1.807) is 6.07 Å². The number of hydrogen-bond acceptors (Lipinski definition) is 7. The highest BCUT2D eigenvalue weighted by molar-refractivity contribution is 7.09. The Balaban J connectivity index is 1.24. The maximum atomic E-state index is 12.5. The lowest BCUT2D eigenvalue weighted by atomic mass is 10.1. The summed E-state index contributed by atoms with van der Waals surface area (Å²) in [7, 11) is 0. The quantitative estimate of drug-likeness (QED) is 0.449. The maximum Gasteiger partial charge on any atom is 0.251 e. The first kappa shape index (κ1) is 20.5. The number of nitrogens with one attached hydrogen (secondary N) is 1. The summed E-state index contributed by atoms with van der Waals surface area (Å²) in [5, 5.41) is 14.2. The molecule has 32 heavy (non-hydrogen) atoms. The van der Waals surface area contributed by atoms with Crippen molar-refractivity contribution in [3.63, 3.8) is 0 Å². The largest absolute Gasteiger partial charge is 0.423 e. The first-order valence-corrected chi connectivity index (χ1v) is 11.3. The van der Waals surface area contributed by atoms with Gasteiger partial charge in [-0.25, -0.2) is 4.98 Å². The van der Waals surface area contributed by atoms with Crippen LogP contribution in [-0.2, 0) is 18.5 Å². The number of aryl methyl sites for hydroxylation is 1. The summed E-state index contributed by atoms with van der Waals surface area (Å²) < 4.78 is 5.92. The van der Waals surface area contributed by atoms with Gasteiger partial charge in [0.2, 0.25) is 11.8 Å². The zero-order chi connectivity index (χ0) is 22.1. The zero-order valence-electron chi connectivity index (χ0n) is 17.6. The number of carbonyl (C=O) groups is 1. The van der Waals surface area contributed by atoms with Gasteiger partial charge in [0.05, 0.1) is 13.0 Å². The number of nitrogens with two attached hydrogens (primary N) is 1. The maximum absolute atomic E-state index is 12.5. The molecule has 0 saturated heterocycles. The lowest BCUT2D eigenvalue weighted by Crippen LogP contribution is -2.22. The van der Waals surface area contributed by atoms with Crippen LogP contribution in [0, 0.1) is 6.92 Å². The summed E-state index contributed by atoms with van der Waals surface area (Å²) in [6.07, 6.45) is 1.22. The van der Waals surface area contributed by atoms with Gasteiger partial charge in [-0.15, -0.1) is 21.5 Å². The Bertz CT molecular complexity index is 1250. The van der Waals surface area contributed by atoms with Gasteiger partial charge in [0.15, 0.2) is 0 Å². The van der Waals surface area contributed by atoms with E-state index in [-0.39, 0.29) is 11.8 Å². The van der Waals surface area contributed by atoms with Crippen LogP contribution in [-0.4, -0.2) is 21.1 Å². The molecule has 5 rings (SSSR count). The molecule has 7 nitrogen and oxygen atoms in total. The van der Waals surface area contributed by atoms with Crippen molar-refractivity contribution in [2.45, 2.75) is 37.8 Å².